The summed E-state index contributed by atoms with van der Waals surface area (Å²) in [6, 6.07) is -0.258. The Morgan fingerprint density at radius 1 is 1.06 bits per heavy atom. The van der Waals surface area contributed by atoms with Crippen molar-refractivity contribution in [2.75, 3.05) is 7.11 Å². The molecule has 0 saturated heterocycles. The van der Waals surface area contributed by atoms with Crippen LogP contribution in [0.2, 0.25) is 0 Å². The molecule has 0 amide bonds. The number of ether oxygens (including phenoxy) is 2. The molecule has 2 aliphatic rings. The van der Waals surface area contributed by atoms with E-state index < -0.39 is 5.60 Å². The number of hydrogen-bond donors (Lipinski definition) is 0. The summed E-state index contributed by atoms with van der Waals surface area (Å²) in [7, 11) is 1.39. The standard InChI is InChI=1S/C25H41N3O4/c1-24(2,3)15-16-12-18(13-16)22-23(17-8-9-17)28(27-26-22)19(10-11-20(29)31-7)14-21(30)32-25(4,5)6/h16-19H,8-15H2,1-7H3/t16?,18?,19-/m0/s1. The van der Waals surface area contributed by atoms with E-state index in [1.165, 1.54) is 19.2 Å². The maximum absolute atomic E-state index is 12.6. The molecular weight excluding hydrogens is 406 g/mol. The summed E-state index contributed by atoms with van der Waals surface area (Å²) >= 11 is 0. The first-order valence-corrected chi connectivity index (χ1v) is 12.1. The van der Waals surface area contributed by atoms with Crippen molar-refractivity contribution < 1.29 is 19.1 Å². The molecule has 0 aromatic carbocycles. The molecule has 180 valence electrons. The van der Waals surface area contributed by atoms with Crippen molar-refractivity contribution in [3.8, 4) is 0 Å². The predicted octanol–water partition coefficient (Wildman–Crippen LogP) is 5.31. The van der Waals surface area contributed by atoms with Crippen molar-refractivity contribution in [2.24, 2.45) is 11.3 Å². The maximum atomic E-state index is 12.6. The highest BCUT2D eigenvalue weighted by Crippen LogP contribution is 2.51. The minimum absolute atomic E-state index is 0.175. The highest BCUT2D eigenvalue weighted by atomic mass is 16.6. The average molecular weight is 448 g/mol. The van der Waals surface area contributed by atoms with E-state index in [9.17, 15) is 9.59 Å². The molecule has 1 aromatic rings. The number of methoxy groups -OCH3 is 1. The predicted molar refractivity (Wildman–Crippen MR) is 122 cm³/mol. The summed E-state index contributed by atoms with van der Waals surface area (Å²) in [6.07, 6.45) is 6.71. The van der Waals surface area contributed by atoms with Gasteiger partial charge in [0, 0.05) is 18.3 Å². The molecule has 0 aliphatic heterocycles. The lowest BCUT2D eigenvalue weighted by molar-refractivity contribution is -0.156. The van der Waals surface area contributed by atoms with Crippen molar-refractivity contribution in [1.29, 1.82) is 0 Å². The molecule has 7 heteroatoms. The summed E-state index contributed by atoms with van der Waals surface area (Å²) in [4.78, 5) is 24.5. The van der Waals surface area contributed by atoms with Crippen LogP contribution in [0.1, 0.15) is 122 Å². The second kappa shape index (κ2) is 9.52. The van der Waals surface area contributed by atoms with E-state index >= 15 is 0 Å². The van der Waals surface area contributed by atoms with Gasteiger partial charge in [-0.05, 0) is 70.6 Å². The van der Waals surface area contributed by atoms with E-state index in [0.29, 0.717) is 23.7 Å². The smallest absolute Gasteiger partial charge is 0.308 e. The highest BCUT2D eigenvalue weighted by Gasteiger charge is 2.41. The van der Waals surface area contributed by atoms with Gasteiger partial charge in [0.05, 0.1) is 31.0 Å². The SMILES string of the molecule is COC(=O)CC[C@@H](CC(=O)OC(C)(C)C)n1nnc(C2CC(CC(C)(C)C)C2)c1C1CC1. The fourth-order valence-electron chi connectivity index (χ4n) is 4.89. The molecule has 0 radical (unpaired) electrons. The number of aromatic nitrogens is 3. The number of hydrogen-bond acceptors (Lipinski definition) is 6. The van der Waals surface area contributed by atoms with Gasteiger partial charge in [-0.1, -0.05) is 26.0 Å². The zero-order valence-corrected chi connectivity index (χ0v) is 20.9. The van der Waals surface area contributed by atoms with Crippen LogP contribution in [0.3, 0.4) is 0 Å². The lowest BCUT2D eigenvalue weighted by Crippen LogP contribution is -2.28. The van der Waals surface area contributed by atoms with Crippen LogP contribution >= 0.6 is 0 Å². The van der Waals surface area contributed by atoms with E-state index in [-0.39, 0.29) is 30.8 Å². The molecule has 1 heterocycles. The number of carbonyl (C=O) groups is 2. The Hall–Kier alpha value is -1.92. The topological polar surface area (TPSA) is 83.3 Å². The molecule has 32 heavy (non-hydrogen) atoms. The largest absolute Gasteiger partial charge is 0.469 e. The molecule has 2 fully saturated rings. The van der Waals surface area contributed by atoms with E-state index in [2.05, 4.69) is 31.1 Å². The summed E-state index contributed by atoms with van der Waals surface area (Å²) < 4.78 is 12.3. The number of nitrogens with zero attached hydrogens (tertiary/aromatic N) is 3. The van der Waals surface area contributed by atoms with Crippen molar-refractivity contribution in [3.05, 3.63) is 11.4 Å². The summed E-state index contributed by atoms with van der Waals surface area (Å²) in [5.41, 5.74) is 2.09. The molecule has 2 saturated carbocycles. The van der Waals surface area contributed by atoms with Crippen LogP contribution in [0, 0.1) is 11.3 Å². The molecule has 0 unspecified atom stereocenters. The van der Waals surface area contributed by atoms with Crippen LogP contribution in [-0.2, 0) is 19.1 Å². The van der Waals surface area contributed by atoms with E-state index in [4.69, 9.17) is 9.47 Å². The molecule has 0 N–H and O–H groups in total. The Bertz CT molecular complexity index is 808. The highest BCUT2D eigenvalue weighted by molar-refractivity contribution is 5.71. The van der Waals surface area contributed by atoms with Crippen LogP contribution in [0.5, 0.6) is 0 Å². The Morgan fingerprint density at radius 3 is 2.25 bits per heavy atom. The minimum atomic E-state index is -0.551. The summed E-state index contributed by atoms with van der Waals surface area (Å²) in [5, 5.41) is 9.17. The molecule has 0 spiro atoms. The average Bonchev–Trinajstić information content (AvgIpc) is 3.37. The lowest BCUT2D eigenvalue weighted by atomic mass is 9.67. The molecule has 0 bridgehead atoms. The Morgan fingerprint density at radius 2 is 1.72 bits per heavy atom. The fourth-order valence-corrected chi connectivity index (χ4v) is 4.89. The monoisotopic (exact) mass is 447 g/mol. The molecule has 1 aromatic heterocycles. The van der Waals surface area contributed by atoms with Gasteiger partial charge in [0.2, 0.25) is 0 Å². The van der Waals surface area contributed by atoms with Gasteiger partial charge in [0.15, 0.2) is 0 Å². The quantitative estimate of drug-likeness (QED) is 0.477. The number of esters is 2. The van der Waals surface area contributed by atoms with Gasteiger partial charge in [-0.25, -0.2) is 4.68 Å². The Labute approximate surface area is 192 Å². The van der Waals surface area contributed by atoms with Crippen LogP contribution in [0.25, 0.3) is 0 Å². The number of rotatable bonds is 9. The third-order valence-electron chi connectivity index (χ3n) is 6.32. The molecular formula is C25H41N3O4. The van der Waals surface area contributed by atoms with Crippen molar-refractivity contribution in [3.63, 3.8) is 0 Å². The fraction of sp³-hybridized carbons (Fsp3) is 0.840. The van der Waals surface area contributed by atoms with Gasteiger partial charge in [-0.15, -0.1) is 5.10 Å². The zero-order valence-electron chi connectivity index (χ0n) is 20.9. The van der Waals surface area contributed by atoms with E-state index in [1.54, 1.807) is 0 Å². The second-order valence-corrected chi connectivity index (χ2v) is 11.9. The number of carbonyl (C=O) groups excluding carboxylic acids is 2. The van der Waals surface area contributed by atoms with E-state index in [0.717, 1.165) is 37.3 Å². The van der Waals surface area contributed by atoms with Crippen molar-refractivity contribution in [1.82, 2.24) is 15.0 Å². The van der Waals surface area contributed by atoms with Crippen LogP contribution in [0.15, 0.2) is 0 Å². The van der Waals surface area contributed by atoms with Crippen LogP contribution in [0.4, 0.5) is 0 Å². The van der Waals surface area contributed by atoms with Gasteiger partial charge in [0.25, 0.3) is 0 Å². The van der Waals surface area contributed by atoms with Crippen molar-refractivity contribution >= 4 is 11.9 Å². The zero-order chi connectivity index (χ0) is 23.7. The molecule has 1 atom stereocenters. The second-order valence-electron chi connectivity index (χ2n) is 11.9. The first kappa shape index (κ1) is 24.7. The minimum Gasteiger partial charge on any atom is -0.469 e. The molecule has 2 aliphatic carbocycles. The van der Waals surface area contributed by atoms with Crippen LogP contribution in [-0.4, -0.2) is 39.6 Å². The van der Waals surface area contributed by atoms with Gasteiger partial charge in [-0.2, -0.15) is 0 Å². The summed E-state index contributed by atoms with van der Waals surface area (Å²) in [5.74, 6) is 1.10. The first-order chi connectivity index (χ1) is 14.9. The third kappa shape index (κ3) is 6.79. The van der Waals surface area contributed by atoms with Gasteiger partial charge >= 0.3 is 11.9 Å². The van der Waals surface area contributed by atoms with Gasteiger partial charge < -0.3 is 9.47 Å². The van der Waals surface area contributed by atoms with Crippen molar-refractivity contribution in [2.45, 2.75) is 116 Å². The third-order valence-corrected chi connectivity index (χ3v) is 6.32. The Balaban J connectivity index is 1.78. The normalized spacial score (nSPS) is 22.2. The van der Waals surface area contributed by atoms with Crippen LogP contribution < -0.4 is 0 Å². The first-order valence-electron chi connectivity index (χ1n) is 12.1. The molecule has 7 nitrogen and oxygen atoms in total. The van der Waals surface area contributed by atoms with Gasteiger partial charge in [0.1, 0.15) is 5.60 Å². The van der Waals surface area contributed by atoms with E-state index in [1.807, 2.05) is 25.5 Å². The Kier molecular flexibility index (Phi) is 7.35. The lowest BCUT2D eigenvalue weighted by Gasteiger charge is -2.38. The molecule has 3 rings (SSSR count). The van der Waals surface area contributed by atoms with Gasteiger partial charge in [-0.3, -0.25) is 9.59 Å². The maximum Gasteiger partial charge on any atom is 0.308 e. The summed E-state index contributed by atoms with van der Waals surface area (Å²) in [6.45, 7) is 12.5.